The molecule has 1 atom stereocenters. The van der Waals surface area contributed by atoms with E-state index in [-0.39, 0.29) is 12.5 Å². The summed E-state index contributed by atoms with van der Waals surface area (Å²) >= 11 is 12.8. The minimum absolute atomic E-state index is 0.0726. The number of ether oxygens (including phenoxy) is 2. The molecule has 1 aliphatic rings. The Morgan fingerprint density at radius 3 is 2.57 bits per heavy atom. The Kier molecular flexibility index (Phi) is 8.40. The van der Waals surface area contributed by atoms with E-state index in [2.05, 4.69) is 11.8 Å². The maximum absolute atomic E-state index is 10.8. The highest BCUT2D eigenvalue weighted by atomic mass is 35.5. The van der Waals surface area contributed by atoms with Crippen LogP contribution in [0.5, 0.6) is 5.75 Å². The van der Waals surface area contributed by atoms with Crippen LogP contribution >= 0.6 is 23.2 Å². The van der Waals surface area contributed by atoms with Crippen LogP contribution < -0.4 is 4.74 Å². The average Bonchev–Trinajstić information content (AvgIpc) is 2.72. The van der Waals surface area contributed by atoms with Gasteiger partial charge in [-0.1, -0.05) is 48.7 Å². The zero-order chi connectivity index (χ0) is 21.5. The van der Waals surface area contributed by atoms with Crippen LogP contribution in [0, 0.1) is 0 Å². The van der Waals surface area contributed by atoms with E-state index in [1.54, 1.807) is 0 Å². The second-order valence-electron chi connectivity index (χ2n) is 7.45. The van der Waals surface area contributed by atoms with E-state index >= 15 is 0 Å². The number of morpholine rings is 1. The third-order valence-corrected chi connectivity index (χ3v) is 5.84. The van der Waals surface area contributed by atoms with Gasteiger partial charge in [0.25, 0.3) is 0 Å². The lowest BCUT2D eigenvalue weighted by atomic mass is 10.1. The summed E-state index contributed by atoms with van der Waals surface area (Å²) in [5, 5.41) is 10.1. The normalized spacial score (nSPS) is 17.1. The number of benzene rings is 2. The Morgan fingerprint density at radius 2 is 1.93 bits per heavy atom. The third-order valence-electron chi connectivity index (χ3n) is 5.17. The van der Waals surface area contributed by atoms with E-state index < -0.39 is 5.97 Å². The molecule has 1 saturated heterocycles. The van der Waals surface area contributed by atoms with Gasteiger partial charge in [0, 0.05) is 35.2 Å². The number of carboxylic acid groups (broad SMARTS) is 1. The molecule has 5 nitrogen and oxygen atoms in total. The molecule has 1 N–H and O–H groups in total. The molecule has 0 bridgehead atoms. The van der Waals surface area contributed by atoms with Gasteiger partial charge in [0.2, 0.25) is 0 Å². The van der Waals surface area contributed by atoms with Crippen LogP contribution in [-0.4, -0.2) is 42.2 Å². The van der Waals surface area contributed by atoms with E-state index in [4.69, 9.17) is 37.8 Å². The third kappa shape index (κ3) is 6.35. The number of aliphatic carboxylic acids is 1. The standard InChI is InChI=1S/C23H27Cl2NO4/c1-2-3-16-12-20(24)19(21(25)13-16)15-30-18-6-4-17(5-7-18)22-14-26(10-11-29-22)9-8-23(27)28/h4-7,12-13,22H,2-3,8-11,14-15H2,1H3,(H,27,28). The lowest BCUT2D eigenvalue weighted by Crippen LogP contribution is -2.39. The highest BCUT2D eigenvalue weighted by Crippen LogP contribution is 2.29. The number of carbonyl (C=O) groups is 1. The lowest BCUT2D eigenvalue weighted by Gasteiger charge is -2.32. The highest BCUT2D eigenvalue weighted by molar-refractivity contribution is 6.36. The summed E-state index contributed by atoms with van der Waals surface area (Å²) in [4.78, 5) is 12.9. The number of halogens is 2. The smallest absolute Gasteiger partial charge is 0.304 e. The zero-order valence-electron chi connectivity index (χ0n) is 17.1. The Morgan fingerprint density at radius 1 is 1.23 bits per heavy atom. The van der Waals surface area contributed by atoms with Crippen molar-refractivity contribution in [2.45, 2.75) is 38.9 Å². The summed E-state index contributed by atoms with van der Waals surface area (Å²) in [6, 6.07) is 11.7. The molecular weight excluding hydrogens is 425 g/mol. The van der Waals surface area contributed by atoms with E-state index in [9.17, 15) is 4.79 Å². The number of aryl methyl sites for hydroxylation is 1. The van der Waals surface area contributed by atoms with Crippen molar-refractivity contribution in [1.29, 1.82) is 0 Å². The number of hydrogen-bond acceptors (Lipinski definition) is 4. The predicted octanol–water partition coefficient (Wildman–Crippen LogP) is 5.37. The van der Waals surface area contributed by atoms with Crippen LogP contribution in [0.3, 0.4) is 0 Å². The topological polar surface area (TPSA) is 59.0 Å². The maximum atomic E-state index is 10.8. The minimum atomic E-state index is -0.778. The second-order valence-corrected chi connectivity index (χ2v) is 8.26. The van der Waals surface area contributed by atoms with Gasteiger partial charge >= 0.3 is 5.97 Å². The molecule has 0 amide bonds. The highest BCUT2D eigenvalue weighted by Gasteiger charge is 2.22. The van der Waals surface area contributed by atoms with Crippen molar-refractivity contribution in [2.75, 3.05) is 26.2 Å². The molecule has 2 aromatic carbocycles. The minimum Gasteiger partial charge on any atom is -0.489 e. The maximum Gasteiger partial charge on any atom is 0.304 e. The van der Waals surface area contributed by atoms with Gasteiger partial charge in [0.15, 0.2) is 0 Å². The monoisotopic (exact) mass is 451 g/mol. The Balaban J connectivity index is 1.58. The van der Waals surface area contributed by atoms with Gasteiger partial charge in [-0.3, -0.25) is 9.69 Å². The lowest BCUT2D eigenvalue weighted by molar-refractivity contribution is -0.137. The van der Waals surface area contributed by atoms with Gasteiger partial charge < -0.3 is 14.6 Å². The Labute approximate surface area is 187 Å². The van der Waals surface area contributed by atoms with E-state index in [1.807, 2.05) is 36.4 Å². The van der Waals surface area contributed by atoms with Gasteiger partial charge in [0.05, 0.1) is 19.1 Å². The van der Waals surface area contributed by atoms with Crippen LogP contribution in [-0.2, 0) is 22.6 Å². The van der Waals surface area contributed by atoms with Crippen LogP contribution in [0.25, 0.3) is 0 Å². The van der Waals surface area contributed by atoms with Gasteiger partial charge in [-0.2, -0.15) is 0 Å². The molecule has 1 unspecified atom stereocenters. The number of hydrogen-bond donors (Lipinski definition) is 1. The first-order valence-corrected chi connectivity index (χ1v) is 11.0. The Hall–Kier alpha value is -1.79. The van der Waals surface area contributed by atoms with Gasteiger partial charge in [-0.05, 0) is 41.8 Å². The largest absolute Gasteiger partial charge is 0.489 e. The molecule has 1 aliphatic heterocycles. The van der Waals surface area contributed by atoms with Crippen molar-refractivity contribution in [1.82, 2.24) is 4.90 Å². The van der Waals surface area contributed by atoms with Crippen LogP contribution in [0.15, 0.2) is 36.4 Å². The summed E-state index contributed by atoms with van der Waals surface area (Å²) in [6.07, 6.45) is 2.05. The molecular formula is C23H27Cl2NO4. The summed E-state index contributed by atoms with van der Waals surface area (Å²) in [5.41, 5.74) is 2.96. The predicted molar refractivity (Wildman–Crippen MR) is 119 cm³/mol. The Bertz CT molecular complexity index is 834. The van der Waals surface area contributed by atoms with E-state index in [0.717, 1.165) is 41.8 Å². The molecule has 1 fully saturated rings. The fraction of sp³-hybridized carbons (Fsp3) is 0.435. The van der Waals surface area contributed by atoms with Crippen molar-refractivity contribution in [3.8, 4) is 5.75 Å². The molecule has 0 aromatic heterocycles. The number of carboxylic acids is 1. The molecule has 0 aliphatic carbocycles. The van der Waals surface area contributed by atoms with Crippen LogP contribution in [0.2, 0.25) is 10.0 Å². The second kappa shape index (κ2) is 11.0. The molecule has 162 valence electrons. The molecule has 3 rings (SSSR count). The summed E-state index contributed by atoms with van der Waals surface area (Å²) < 4.78 is 11.8. The quantitative estimate of drug-likeness (QED) is 0.554. The average molecular weight is 452 g/mol. The molecule has 0 radical (unpaired) electrons. The van der Waals surface area contributed by atoms with E-state index in [1.165, 1.54) is 0 Å². The van der Waals surface area contributed by atoms with Crippen molar-refractivity contribution in [2.24, 2.45) is 0 Å². The first-order chi connectivity index (χ1) is 14.5. The van der Waals surface area contributed by atoms with Crippen LogP contribution in [0.4, 0.5) is 0 Å². The molecule has 7 heteroatoms. The van der Waals surface area contributed by atoms with Crippen molar-refractivity contribution in [3.05, 3.63) is 63.1 Å². The molecule has 2 aromatic rings. The van der Waals surface area contributed by atoms with Crippen LogP contribution in [0.1, 0.15) is 42.6 Å². The first-order valence-electron chi connectivity index (χ1n) is 10.2. The number of rotatable bonds is 9. The van der Waals surface area contributed by atoms with Gasteiger partial charge in [0.1, 0.15) is 12.4 Å². The van der Waals surface area contributed by atoms with Gasteiger partial charge in [-0.15, -0.1) is 0 Å². The zero-order valence-corrected chi connectivity index (χ0v) is 18.6. The number of nitrogens with zero attached hydrogens (tertiary/aromatic N) is 1. The fourth-order valence-electron chi connectivity index (χ4n) is 3.52. The van der Waals surface area contributed by atoms with Crippen molar-refractivity contribution in [3.63, 3.8) is 0 Å². The molecule has 0 spiro atoms. The molecule has 0 saturated carbocycles. The summed E-state index contributed by atoms with van der Waals surface area (Å²) in [6.45, 7) is 4.98. The van der Waals surface area contributed by atoms with Gasteiger partial charge in [-0.25, -0.2) is 0 Å². The first kappa shape index (κ1) is 22.9. The molecule has 30 heavy (non-hydrogen) atoms. The summed E-state index contributed by atoms with van der Waals surface area (Å²) in [7, 11) is 0. The SMILES string of the molecule is CCCc1cc(Cl)c(COc2ccc(C3CN(CCC(=O)O)CCO3)cc2)c(Cl)c1. The van der Waals surface area contributed by atoms with E-state index in [0.29, 0.717) is 36.3 Å². The fourth-order valence-corrected chi connectivity index (χ4v) is 4.16. The summed E-state index contributed by atoms with van der Waals surface area (Å²) in [5.74, 6) is -0.0539. The molecule has 1 heterocycles. The van der Waals surface area contributed by atoms with Crippen molar-refractivity contribution < 1.29 is 19.4 Å². The van der Waals surface area contributed by atoms with Crippen molar-refractivity contribution >= 4 is 29.2 Å².